The zero-order valence-electron chi connectivity index (χ0n) is 10.1. The molecule has 0 saturated carbocycles. The molecule has 7 heteroatoms. The molecule has 0 bridgehead atoms. The topological polar surface area (TPSA) is 67.3 Å². The Labute approximate surface area is 115 Å². The van der Waals surface area contributed by atoms with Gasteiger partial charge in [-0.2, -0.15) is 4.98 Å². The van der Waals surface area contributed by atoms with Gasteiger partial charge in [0.15, 0.2) is 0 Å². The lowest BCUT2D eigenvalue weighted by atomic mass is 10.2. The quantitative estimate of drug-likeness (QED) is 0.775. The van der Waals surface area contributed by atoms with Gasteiger partial charge in [-0.25, -0.2) is 4.98 Å². The summed E-state index contributed by atoms with van der Waals surface area (Å²) >= 11 is 7.65. The second-order valence-corrected chi connectivity index (χ2v) is 5.47. The van der Waals surface area contributed by atoms with E-state index in [1.807, 2.05) is 0 Å². The smallest absolute Gasteiger partial charge is 0.224 e. The molecule has 0 amide bonds. The van der Waals surface area contributed by atoms with Crippen LogP contribution in [-0.2, 0) is 11.2 Å². The first-order chi connectivity index (χ1) is 8.74. The molecular weight excluding hydrogens is 274 g/mol. The number of methoxy groups -OCH3 is 1. The van der Waals surface area contributed by atoms with Crippen molar-refractivity contribution in [2.45, 2.75) is 23.8 Å². The number of rotatable bonds is 6. The maximum atomic E-state index is 9.03. The molecule has 1 aliphatic heterocycles. The second-order valence-electron chi connectivity index (χ2n) is 4.02. The minimum absolute atomic E-state index is 0.0243. The van der Waals surface area contributed by atoms with Crippen LogP contribution in [0, 0.1) is 0 Å². The Morgan fingerprint density at radius 2 is 2.39 bits per heavy atom. The van der Waals surface area contributed by atoms with Gasteiger partial charge in [-0.15, -0.1) is 11.8 Å². The first-order valence-electron chi connectivity index (χ1n) is 5.80. The second kappa shape index (κ2) is 6.56. The number of nitrogens with zero attached hydrogens (tertiary/aromatic N) is 2. The van der Waals surface area contributed by atoms with Crippen LogP contribution in [0.4, 0.5) is 5.82 Å². The van der Waals surface area contributed by atoms with Crippen LogP contribution < -0.4 is 5.32 Å². The normalized spacial score (nSPS) is 15.5. The van der Waals surface area contributed by atoms with Gasteiger partial charge in [0.25, 0.3) is 0 Å². The van der Waals surface area contributed by atoms with Crippen LogP contribution in [0.5, 0.6) is 0 Å². The van der Waals surface area contributed by atoms with Crippen molar-refractivity contribution < 1.29 is 9.84 Å². The number of thioether (sulfide) groups is 1. The van der Waals surface area contributed by atoms with Gasteiger partial charge in [0.1, 0.15) is 5.82 Å². The maximum Gasteiger partial charge on any atom is 0.224 e. The van der Waals surface area contributed by atoms with Crippen molar-refractivity contribution in [1.82, 2.24) is 9.97 Å². The minimum Gasteiger partial charge on any atom is -0.396 e. The number of anilines is 1. The molecular formula is C11H16ClN3O2S. The number of aromatic nitrogens is 2. The van der Waals surface area contributed by atoms with E-state index < -0.39 is 0 Å². The Hall–Kier alpha value is -0.560. The van der Waals surface area contributed by atoms with Crippen LogP contribution in [0.15, 0.2) is 4.90 Å². The summed E-state index contributed by atoms with van der Waals surface area (Å²) in [6, 6.07) is 0.0243. The number of halogens is 1. The summed E-state index contributed by atoms with van der Waals surface area (Å²) < 4.78 is 5.12. The Kier molecular flexibility index (Phi) is 5.05. The van der Waals surface area contributed by atoms with Gasteiger partial charge in [0, 0.05) is 25.9 Å². The monoisotopic (exact) mass is 289 g/mol. The standard InChI is InChI=1S/C11H16ClN3O2S/c1-17-6-7(2-4-16)13-10-9-8(3-5-18-9)14-11(12)15-10/h7,16H,2-6H2,1H3,(H,13,14,15). The van der Waals surface area contributed by atoms with Gasteiger partial charge in [-0.1, -0.05) is 0 Å². The lowest BCUT2D eigenvalue weighted by molar-refractivity contribution is 0.170. The average Bonchev–Trinajstić information content (AvgIpc) is 2.77. The predicted molar refractivity (Wildman–Crippen MR) is 72.5 cm³/mol. The molecule has 0 radical (unpaired) electrons. The van der Waals surface area contributed by atoms with Crippen molar-refractivity contribution in [1.29, 1.82) is 0 Å². The summed E-state index contributed by atoms with van der Waals surface area (Å²) in [5.74, 6) is 1.76. The van der Waals surface area contributed by atoms with Crippen molar-refractivity contribution in [2.75, 3.05) is 31.4 Å². The molecule has 2 rings (SSSR count). The number of hydrogen-bond donors (Lipinski definition) is 2. The molecule has 1 atom stereocenters. The van der Waals surface area contributed by atoms with E-state index in [0.717, 1.165) is 28.6 Å². The third kappa shape index (κ3) is 3.26. The van der Waals surface area contributed by atoms with Gasteiger partial charge >= 0.3 is 0 Å². The van der Waals surface area contributed by atoms with Gasteiger partial charge < -0.3 is 15.2 Å². The van der Waals surface area contributed by atoms with E-state index in [9.17, 15) is 0 Å². The molecule has 1 unspecified atom stereocenters. The molecule has 0 saturated heterocycles. The number of fused-ring (bicyclic) bond motifs is 1. The number of aryl methyl sites for hydroxylation is 1. The van der Waals surface area contributed by atoms with Crippen molar-refractivity contribution in [3.63, 3.8) is 0 Å². The number of hydrogen-bond acceptors (Lipinski definition) is 6. The lowest BCUT2D eigenvalue weighted by Gasteiger charge is -2.19. The molecule has 0 aliphatic carbocycles. The van der Waals surface area contributed by atoms with Crippen molar-refractivity contribution in [2.24, 2.45) is 0 Å². The number of aliphatic hydroxyl groups excluding tert-OH is 1. The summed E-state index contributed by atoms with van der Waals surface area (Å²) in [6.07, 6.45) is 1.53. The summed E-state index contributed by atoms with van der Waals surface area (Å²) in [5.41, 5.74) is 1.00. The van der Waals surface area contributed by atoms with Gasteiger partial charge in [0.05, 0.1) is 23.2 Å². The molecule has 1 aliphatic rings. The largest absolute Gasteiger partial charge is 0.396 e. The summed E-state index contributed by atoms with van der Waals surface area (Å²) in [7, 11) is 1.64. The van der Waals surface area contributed by atoms with Gasteiger partial charge in [0.2, 0.25) is 5.28 Å². The van der Waals surface area contributed by atoms with Crippen LogP contribution in [0.2, 0.25) is 5.28 Å². The molecule has 2 heterocycles. The van der Waals surface area contributed by atoms with E-state index in [1.54, 1.807) is 18.9 Å². The molecule has 2 N–H and O–H groups in total. The molecule has 1 aromatic rings. The fourth-order valence-corrected chi connectivity index (χ4v) is 3.12. The van der Waals surface area contributed by atoms with Crippen molar-refractivity contribution in [3.05, 3.63) is 11.0 Å². The predicted octanol–water partition coefficient (Wildman–Crippen LogP) is 1.59. The van der Waals surface area contributed by atoms with Crippen molar-refractivity contribution in [3.8, 4) is 0 Å². The Morgan fingerprint density at radius 1 is 1.56 bits per heavy atom. The Bertz CT molecular complexity index is 414. The fourth-order valence-electron chi connectivity index (χ4n) is 1.88. The molecule has 0 spiro atoms. The minimum atomic E-state index is 0.0243. The fraction of sp³-hybridized carbons (Fsp3) is 0.636. The molecule has 0 fully saturated rings. The van der Waals surface area contributed by atoms with E-state index in [2.05, 4.69) is 15.3 Å². The number of nitrogens with one attached hydrogen (secondary N) is 1. The van der Waals surface area contributed by atoms with E-state index in [4.69, 9.17) is 21.4 Å². The van der Waals surface area contributed by atoms with Crippen LogP contribution in [-0.4, -0.2) is 47.2 Å². The SMILES string of the molecule is COCC(CCO)Nc1nc(Cl)nc2c1SCC2. The van der Waals surface area contributed by atoms with E-state index in [-0.39, 0.29) is 17.9 Å². The summed E-state index contributed by atoms with van der Waals surface area (Å²) in [6.45, 7) is 0.622. The average molecular weight is 290 g/mol. The summed E-state index contributed by atoms with van der Waals surface area (Å²) in [4.78, 5) is 9.53. The molecule has 18 heavy (non-hydrogen) atoms. The number of ether oxygens (including phenoxy) is 1. The van der Waals surface area contributed by atoms with Crippen LogP contribution in [0.1, 0.15) is 12.1 Å². The molecule has 100 valence electrons. The van der Waals surface area contributed by atoms with E-state index >= 15 is 0 Å². The number of aliphatic hydroxyl groups is 1. The van der Waals surface area contributed by atoms with E-state index in [0.29, 0.717) is 13.0 Å². The highest BCUT2D eigenvalue weighted by molar-refractivity contribution is 7.99. The Morgan fingerprint density at radius 3 is 3.11 bits per heavy atom. The zero-order valence-corrected chi connectivity index (χ0v) is 11.7. The van der Waals surface area contributed by atoms with E-state index in [1.165, 1.54) is 0 Å². The first kappa shape index (κ1) is 13.9. The zero-order chi connectivity index (χ0) is 13.0. The summed E-state index contributed by atoms with van der Waals surface area (Å²) in [5, 5.41) is 12.6. The molecule has 5 nitrogen and oxygen atoms in total. The Balaban J connectivity index is 2.17. The van der Waals surface area contributed by atoms with Crippen molar-refractivity contribution >= 4 is 29.2 Å². The van der Waals surface area contributed by atoms with Gasteiger partial charge in [-0.05, 0) is 18.0 Å². The molecule has 1 aromatic heterocycles. The highest BCUT2D eigenvalue weighted by atomic mass is 35.5. The highest BCUT2D eigenvalue weighted by Gasteiger charge is 2.21. The third-order valence-electron chi connectivity index (χ3n) is 2.68. The molecule has 0 aromatic carbocycles. The van der Waals surface area contributed by atoms with Crippen LogP contribution >= 0.6 is 23.4 Å². The lowest BCUT2D eigenvalue weighted by Crippen LogP contribution is -2.27. The first-order valence-corrected chi connectivity index (χ1v) is 7.16. The van der Waals surface area contributed by atoms with Crippen LogP contribution in [0.3, 0.4) is 0 Å². The third-order valence-corrected chi connectivity index (χ3v) is 3.97. The maximum absolute atomic E-state index is 9.03. The highest BCUT2D eigenvalue weighted by Crippen LogP contribution is 2.36. The van der Waals surface area contributed by atoms with Crippen LogP contribution in [0.25, 0.3) is 0 Å². The van der Waals surface area contributed by atoms with Gasteiger partial charge in [-0.3, -0.25) is 0 Å².